The number of para-hydroxylation sites is 1. The molecular weight excluding hydrogens is 274 g/mol. The van der Waals surface area contributed by atoms with Gasteiger partial charge in [0.05, 0.1) is 0 Å². The fourth-order valence-electron chi connectivity index (χ4n) is 3.57. The lowest BCUT2D eigenvalue weighted by molar-refractivity contribution is 0.0426. The highest BCUT2D eigenvalue weighted by molar-refractivity contribution is 5.35. The quantitative estimate of drug-likeness (QED) is 0.873. The average molecular weight is 305 g/mol. The summed E-state index contributed by atoms with van der Waals surface area (Å²) in [6.45, 7) is 12.2. The normalized spacial score (nSPS) is 24.5. The largest absolute Gasteiger partial charge is 0.491 e. The number of piperidine rings is 1. The second-order valence-corrected chi connectivity index (χ2v) is 7.32. The van der Waals surface area contributed by atoms with Gasteiger partial charge in [0.2, 0.25) is 0 Å². The minimum Gasteiger partial charge on any atom is -0.491 e. The number of aliphatic hydroxyl groups excluding tert-OH is 1. The number of nitrogens with zero attached hydrogens (tertiary/aromatic N) is 1. The second kappa shape index (κ2) is 7.98. The molecule has 124 valence electrons. The van der Waals surface area contributed by atoms with Crippen LogP contribution in [0.25, 0.3) is 0 Å². The van der Waals surface area contributed by atoms with Crippen LogP contribution in [0.4, 0.5) is 0 Å². The van der Waals surface area contributed by atoms with E-state index < -0.39 is 6.10 Å². The van der Waals surface area contributed by atoms with E-state index >= 15 is 0 Å². The molecule has 0 spiro atoms. The number of likely N-dealkylation sites (tertiary alicyclic amines) is 1. The Morgan fingerprint density at radius 2 is 1.82 bits per heavy atom. The molecule has 1 aliphatic rings. The van der Waals surface area contributed by atoms with Gasteiger partial charge in [-0.05, 0) is 35.8 Å². The Morgan fingerprint density at radius 3 is 2.45 bits per heavy atom. The molecule has 0 unspecified atom stereocenters. The van der Waals surface area contributed by atoms with Crippen LogP contribution < -0.4 is 4.74 Å². The number of benzene rings is 1. The zero-order valence-corrected chi connectivity index (χ0v) is 14.5. The van der Waals surface area contributed by atoms with E-state index in [9.17, 15) is 5.11 Å². The molecule has 1 aliphatic heterocycles. The zero-order valence-electron chi connectivity index (χ0n) is 14.5. The molecule has 1 N–H and O–H groups in total. The fraction of sp³-hybridized carbons (Fsp3) is 0.684. The van der Waals surface area contributed by atoms with Crippen molar-refractivity contribution in [3.05, 3.63) is 29.8 Å². The van der Waals surface area contributed by atoms with Crippen LogP contribution in [0, 0.1) is 11.8 Å². The summed E-state index contributed by atoms with van der Waals surface area (Å²) in [5, 5.41) is 10.3. The van der Waals surface area contributed by atoms with E-state index in [1.165, 1.54) is 12.0 Å². The third-order valence-corrected chi connectivity index (χ3v) is 4.39. The molecule has 3 heteroatoms. The van der Waals surface area contributed by atoms with Crippen molar-refractivity contribution in [3.8, 4) is 5.75 Å². The first-order chi connectivity index (χ1) is 10.5. The lowest BCUT2D eigenvalue weighted by Crippen LogP contribution is -2.44. The molecule has 1 aromatic rings. The van der Waals surface area contributed by atoms with Gasteiger partial charge in [-0.25, -0.2) is 0 Å². The molecular formula is C19H31NO2. The Bertz CT molecular complexity index is 451. The van der Waals surface area contributed by atoms with E-state index in [1.807, 2.05) is 18.2 Å². The zero-order chi connectivity index (χ0) is 16.1. The molecule has 1 saturated heterocycles. The molecule has 0 saturated carbocycles. The van der Waals surface area contributed by atoms with Crippen LogP contribution in [0.2, 0.25) is 0 Å². The van der Waals surface area contributed by atoms with E-state index in [2.05, 4.69) is 38.7 Å². The molecule has 1 heterocycles. The molecule has 3 atom stereocenters. The number of aliphatic hydroxyl groups is 1. The third-order valence-electron chi connectivity index (χ3n) is 4.39. The van der Waals surface area contributed by atoms with Crippen LogP contribution >= 0.6 is 0 Å². The van der Waals surface area contributed by atoms with Gasteiger partial charge in [-0.1, -0.05) is 45.9 Å². The highest BCUT2D eigenvalue weighted by Gasteiger charge is 2.23. The maximum atomic E-state index is 10.3. The third kappa shape index (κ3) is 4.99. The topological polar surface area (TPSA) is 32.7 Å². The number of hydrogen-bond acceptors (Lipinski definition) is 3. The fourth-order valence-corrected chi connectivity index (χ4v) is 3.57. The summed E-state index contributed by atoms with van der Waals surface area (Å²) in [7, 11) is 0. The lowest BCUT2D eigenvalue weighted by Gasteiger charge is -2.36. The molecule has 0 aromatic heterocycles. The van der Waals surface area contributed by atoms with Crippen molar-refractivity contribution in [2.24, 2.45) is 11.8 Å². The van der Waals surface area contributed by atoms with Gasteiger partial charge in [0.1, 0.15) is 18.5 Å². The second-order valence-electron chi connectivity index (χ2n) is 7.32. The Kier molecular flexibility index (Phi) is 6.27. The Labute approximate surface area is 135 Å². The van der Waals surface area contributed by atoms with Crippen molar-refractivity contribution in [3.63, 3.8) is 0 Å². The summed E-state index contributed by atoms with van der Waals surface area (Å²) in [6.07, 6.45) is 0.864. The van der Waals surface area contributed by atoms with Gasteiger partial charge < -0.3 is 14.7 Å². The lowest BCUT2D eigenvalue weighted by atomic mass is 9.92. The van der Waals surface area contributed by atoms with E-state index in [4.69, 9.17) is 4.74 Å². The van der Waals surface area contributed by atoms with E-state index in [1.54, 1.807) is 0 Å². The van der Waals surface area contributed by atoms with Gasteiger partial charge in [-0.3, -0.25) is 0 Å². The molecule has 3 nitrogen and oxygen atoms in total. The summed E-state index contributed by atoms with van der Waals surface area (Å²) in [6, 6.07) is 8.12. The molecule has 1 aromatic carbocycles. The van der Waals surface area contributed by atoms with E-state index in [0.717, 1.165) is 30.7 Å². The molecule has 0 amide bonds. The number of ether oxygens (including phenoxy) is 1. The van der Waals surface area contributed by atoms with Crippen molar-refractivity contribution in [1.29, 1.82) is 0 Å². The Hall–Kier alpha value is -1.06. The smallest absolute Gasteiger partial charge is 0.122 e. The maximum Gasteiger partial charge on any atom is 0.122 e. The van der Waals surface area contributed by atoms with Crippen LogP contribution in [0.3, 0.4) is 0 Å². The van der Waals surface area contributed by atoms with Crippen LogP contribution in [-0.2, 0) is 0 Å². The number of rotatable bonds is 6. The SMILES string of the molecule is CC(C)c1ccccc1OC[C@H](O)CN1C[C@H](C)C[C@H](C)C1. The minimum atomic E-state index is -0.433. The van der Waals surface area contributed by atoms with Crippen molar-refractivity contribution in [1.82, 2.24) is 4.90 Å². The van der Waals surface area contributed by atoms with Crippen molar-refractivity contribution in [2.45, 2.75) is 46.1 Å². The molecule has 2 rings (SSSR count). The molecule has 22 heavy (non-hydrogen) atoms. The molecule has 0 aliphatic carbocycles. The summed E-state index contributed by atoms with van der Waals surface area (Å²) >= 11 is 0. The first-order valence-corrected chi connectivity index (χ1v) is 8.57. The van der Waals surface area contributed by atoms with Gasteiger partial charge >= 0.3 is 0 Å². The standard InChI is InChI=1S/C19H31NO2/c1-14(2)18-7-5-6-8-19(18)22-13-17(21)12-20-10-15(3)9-16(4)11-20/h5-8,14-17,21H,9-13H2,1-4H3/t15-,16+,17-/m1/s1. The first-order valence-electron chi connectivity index (χ1n) is 8.57. The van der Waals surface area contributed by atoms with Crippen molar-refractivity contribution in [2.75, 3.05) is 26.2 Å². The molecule has 0 bridgehead atoms. The summed E-state index contributed by atoms with van der Waals surface area (Å²) in [4.78, 5) is 2.38. The predicted octanol–water partition coefficient (Wildman–Crippen LogP) is 3.53. The van der Waals surface area contributed by atoms with Crippen LogP contribution in [0.15, 0.2) is 24.3 Å². The summed E-state index contributed by atoms with van der Waals surface area (Å²) < 4.78 is 5.88. The van der Waals surface area contributed by atoms with Gasteiger partial charge in [0.15, 0.2) is 0 Å². The van der Waals surface area contributed by atoms with E-state index in [-0.39, 0.29) is 0 Å². The highest BCUT2D eigenvalue weighted by atomic mass is 16.5. The van der Waals surface area contributed by atoms with Gasteiger partial charge in [-0.2, -0.15) is 0 Å². The van der Waals surface area contributed by atoms with Crippen LogP contribution in [0.5, 0.6) is 5.75 Å². The average Bonchev–Trinajstić information content (AvgIpc) is 2.44. The molecule has 1 fully saturated rings. The Morgan fingerprint density at radius 1 is 1.18 bits per heavy atom. The van der Waals surface area contributed by atoms with Gasteiger partial charge in [0.25, 0.3) is 0 Å². The monoisotopic (exact) mass is 305 g/mol. The minimum absolute atomic E-state index is 0.364. The van der Waals surface area contributed by atoms with Crippen LogP contribution in [0.1, 0.15) is 45.6 Å². The number of hydrogen-bond donors (Lipinski definition) is 1. The maximum absolute atomic E-state index is 10.3. The van der Waals surface area contributed by atoms with Crippen molar-refractivity contribution < 1.29 is 9.84 Å². The highest BCUT2D eigenvalue weighted by Crippen LogP contribution is 2.26. The van der Waals surface area contributed by atoms with Crippen LogP contribution in [-0.4, -0.2) is 42.4 Å². The first kappa shape index (κ1) is 17.3. The molecule has 0 radical (unpaired) electrons. The Balaban J connectivity index is 1.84. The van der Waals surface area contributed by atoms with Gasteiger partial charge in [0, 0.05) is 19.6 Å². The summed E-state index contributed by atoms with van der Waals surface area (Å²) in [5.41, 5.74) is 1.20. The van der Waals surface area contributed by atoms with E-state index in [0.29, 0.717) is 19.1 Å². The summed E-state index contributed by atoms with van der Waals surface area (Å²) in [5.74, 6) is 2.77. The van der Waals surface area contributed by atoms with Crippen molar-refractivity contribution >= 4 is 0 Å². The number of β-amino-alcohol motifs (C(OH)–C–C–N with tert-alkyl or cyclic N) is 1. The van der Waals surface area contributed by atoms with Gasteiger partial charge in [-0.15, -0.1) is 0 Å². The predicted molar refractivity (Wildman–Crippen MR) is 91.4 cm³/mol.